The van der Waals surface area contributed by atoms with Crippen molar-refractivity contribution < 1.29 is 14.3 Å². The van der Waals surface area contributed by atoms with Crippen molar-refractivity contribution in [1.82, 2.24) is 24.7 Å². The van der Waals surface area contributed by atoms with Crippen molar-refractivity contribution in [1.29, 1.82) is 0 Å². The van der Waals surface area contributed by atoms with Crippen LogP contribution >= 0.6 is 11.6 Å². The SMILES string of the molecule is C=CCCOC(=O)N1CCN(C(=O)c2ccc3c(Cl)cc(-c4ccc5c(cnn5N)c4)nc3c2)CC1. The van der Waals surface area contributed by atoms with Crippen LogP contribution in [0.1, 0.15) is 16.8 Å². The van der Waals surface area contributed by atoms with Gasteiger partial charge in [0.25, 0.3) is 5.91 Å². The number of pyridine rings is 1. The summed E-state index contributed by atoms with van der Waals surface area (Å²) in [5, 5.41) is 6.28. The van der Waals surface area contributed by atoms with Crippen LogP contribution in [-0.2, 0) is 4.74 Å². The molecule has 1 aliphatic rings. The van der Waals surface area contributed by atoms with E-state index in [2.05, 4.69) is 11.7 Å². The van der Waals surface area contributed by atoms with Crippen molar-refractivity contribution >= 4 is 45.4 Å². The summed E-state index contributed by atoms with van der Waals surface area (Å²) in [6, 6.07) is 12.9. The Balaban J connectivity index is 1.34. The molecule has 2 N–H and O–H groups in total. The van der Waals surface area contributed by atoms with E-state index in [9.17, 15) is 9.59 Å². The molecule has 0 aliphatic carbocycles. The number of nitrogen functional groups attached to an aromatic ring is 1. The highest BCUT2D eigenvalue weighted by Gasteiger charge is 2.26. The minimum Gasteiger partial charge on any atom is -0.449 e. The summed E-state index contributed by atoms with van der Waals surface area (Å²) in [6.45, 7) is 5.61. The Labute approximate surface area is 212 Å². The van der Waals surface area contributed by atoms with Gasteiger partial charge in [-0.1, -0.05) is 29.8 Å². The summed E-state index contributed by atoms with van der Waals surface area (Å²) in [7, 11) is 0. The molecule has 36 heavy (non-hydrogen) atoms. The first kappa shape index (κ1) is 23.6. The van der Waals surface area contributed by atoms with Crippen molar-refractivity contribution in [2.45, 2.75) is 6.42 Å². The van der Waals surface area contributed by atoms with Crippen LogP contribution in [-0.4, -0.2) is 69.5 Å². The second-order valence-corrected chi connectivity index (χ2v) is 8.96. The molecule has 184 valence electrons. The van der Waals surface area contributed by atoms with Gasteiger partial charge in [0, 0.05) is 48.1 Å². The Kier molecular flexibility index (Phi) is 6.47. The first-order valence-electron chi connectivity index (χ1n) is 11.6. The van der Waals surface area contributed by atoms with Crippen molar-refractivity contribution in [2.75, 3.05) is 38.6 Å². The lowest BCUT2D eigenvalue weighted by Crippen LogP contribution is -2.50. The van der Waals surface area contributed by atoms with Gasteiger partial charge < -0.3 is 20.4 Å². The minimum atomic E-state index is -0.363. The number of amides is 2. The number of fused-ring (bicyclic) bond motifs is 2. The third-order valence-corrected chi connectivity index (χ3v) is 6.58. The number of benzene rings is 2. The number of carbonyl (C=O) groups excluding carboxylic acids is 2. The van der Waals surface area contributed by atoms with E-state index in [1.807, 2.05) is 30.3 Å². The quantitative estimate of drug-likeness (QED) is 0.249. The van der Waals surface area contributed by atoms with Gasteiger partial charge >= 0.3 is 6.09 Å². The summed E-state index contributed by atoms with van der Waals surface area (Å²) < 4.78 is 5.21. The van der Waals surface area contributed by atoms with Gasteiger partial charge in [-0.3, -0.25) is 4.79 Å². The van der Waals surface area contributed by atoms with E-state index in [1.165, 1.54) is 4.79 Å². The maximum absolute atomic E-state index is 13.2. The lowest BCUT2D eigenvalue weighted by Gasteiger charge is -2.34. The highest BCUT2D eigenvalue weighted by atomic mass is 35.5. The van der Waals surface area contributed by atoms with Gasteiger partial charge in [-0.15, -0.1) is 6.58 Å². The highest BCUT2D eigenvalue weighted by molar-refractivity contribution is 6.35. The Morgan fingerprint density at radius 2 is 1.86 bits per heavy atom. The number of hydrogen-bond acceptors (Lipinski definition) is 6. The minimum absolute atomic E-state index is 0.114. The van der Waals surface area contributed by atoms with Crippen LogP contribution < -0.4 is 5.84 Å². The van der Waals surface area contributed by atoms with Crippen LogP contribution in [0.25, 0.3) is 33.1 Å². The van der Waals surface area contributed by atoms with Crippen molar-refractivity contribution in [3.63, 3.8) is 0 Å². The molecule has 4 aromatic rings. The Morgan fingerprint density at radius 1 is 1.08 bits per heavy atom. The predicted molar refractivity (Wildman–Crippen MR) is 139 cm³/mol. The first-order chi connectivity index (χ1) is 17.4. The van der Waals surface area contributed by atoms with Crippen LogP contribution in [0.5, 0.6) is 0 Å². The molecule has 0 atom stereocenters. The molecule has 2 aromatic heterocycles. The van der Waals surface area contributed by atoms with Gasteiger partial charge in [-0.25, -0.2) is 9.78 Å². The molecule has 0 unspecified atom stereocenters. The van der Waals surface area contributed by atoms with Gasteiger partial charge in [-0.2, -0.15) is 9.89 Å². The fourth-order valence-corrected chi connectivity index (χ4v) is 4.54. The molecular formula is C26H25ClN6O3. The van der Waals surface area contributed by atoms with Crippen molar-refractivity contribution in [2.24, 2.45) is 0 Å². The van der Waals surface area contributed by atoms with E-state index in [0.29, 0.717) is 61.0 Å². The summed E-state index contributed by atoms with van der Waals surface area (Å²) in [5.74, 6) is 5.71. The zero-order chi connectivity index (χ0) is 25.2. The molecule has 3 heterocycles. The van der Waals surface area contributed by atoms with Crippen LogP contribution in [0.3, 0.4) is 0 Å². The normalized spacial score (nSPS) is 13.8. The van der Waals surface area contributed by atoms with Crippen molar-refractivity contribution in [3.05, 3.63) is 71.9 Å². The second-order valence-electron chi connectivity index (χ2n) is 8.55. The van der Waals surface area contributed by atoms with Crippen LogP contribution in [0.4, 0.5) is 4.79 Å². The summed E-state index contributed by atoms with van der Waals surface area (Å²) in [6.07, 6.45) is 3.64. The van der Waals surface area contributed by atoms with E-state index < -0.39 is 0 Å². The summed E-state index contributed by atoms with van der Waals surface area (Å²) >= 11 is 6.58. The highest BCUT2D eigenvalue weighted by Crippen LogP contribution is 2.30. The lowest BCUT2D eigenvalue weighted by atomic mass is 10.1. The summed E-state index contributed by atoms with van der Waals surface area (Å²) in [5.41, 5.74) is 3.51. The zero-order valence-corrected chi connectivity index (χ0v) is 20.3. The topological polar surface area (TPSA) is 107 Å². The van der Waals surface area contributed by atoms with Crippen LogP contribution in [0, 0.1) is 0 Å². The average molecular weight is 505 g/mol. The predicted octanol–water partition coefficient (Wildman–Crippen LogP) is 4.09. The van der Waals surface area contributed by atoms with Gasteiger partial charge in [0.05, 0.1) is 34.6 Å². The summed E-state index contributed by atoms with van der Waals surface area (Å²) in [4.78, 5) is 34.8. The monoisotopic (exact) mass is 504 g/mol. The third-order valence-electron chi connectivity index (χ3n) is 6.27. The number of nitrogens with zero attached hydrogens (tertiary/aromatic N) is 5. The average Bonchev–Trinajstić information content (AvgIpc) is 3.28. The Bertz CT molecular complexity index is 1480. The van der Waals surface area contributed by atoms with E-state index in [1.54, 1.807) is 34.2 Å². The molecule has 10 heteroatoms. The van der Waals surface area contributed by atoms with Gasteiger partial charge in [0.15, 0.2) is 0 Å². The van der Waals surface area contributed by atoms with Gasteiger partial charge in [-0.05, 0) is 36.8 Å². The molecule has 0 spiro atoms. The zero-order valence-electron chi connectivity index (χ0n) is 19.6. The lowest BCUT2D eigenvalue weighted by molar-refractivity contribution is 0.0564. The Hall–Kier alpha value is -4.11. The van der Waals surface area contributed by atoms with Crippen molar-refractivity contribution in [3.8, 4) is 11.3 Å². The molecular weight excluding hydrogens is 480 g/mol. The maximum Gasteiger partial charge on any atom is 0.409 e. The fourth-order valence-electron chi connectivity index (χ4n) is 4.27. The number of halogens is 1. The first-order valence-corrected chi connectivity index (χ1v) is 12.0. The molecule has 2 amide bonds. The smallest absolute Gasteiger partial charge is 0.409 e. The molecule has 9 nitrogen and oxygen atoms in total. The van der Waals surface area contributed by atoms with E-state index >= 15 is 0 Å². The van der Waals surface area contributed by atoms with Gasteiger partial charge in [0.2, 0.25) is 0 Å². The number of nitrogens with two attached hydrogens (primary N) is 1. The maximum atomic E-state index is 13.2. The number of rotatable bonds is 5. The third kappa shape index (κ3) is 4.57. The molecule has 0 saturated carbocycles. The Morgan fingerprint density at radius 3 is 2.64 bits per heavy atom. The fraction of sp³-hybridized carbons (Fsp3) is 0.231. The molecule has 2 aromatic carbocycles. The molecule has 1 aliphatic heterocycles. The number of piperazine rings is 1. The largest absolute Gasteiger partial charge is 0.449 e. The van der Waals surface area contributed by atoms with E-state index in [0.717, 1.165) is 21.9 Å². The number of hydrogen-bond donors (Lipinski definition) is 1. The molecule has 0 radical (unpaired) electrons. The molecule has 5 rings (SSSR count). The number of aromatic nitrogens is 3. The molecule has 1 fully saturated rings. The number of ether oxygens (including phenoxy) is 1. The molecule has 1 saturated heterocycles. The van der Waals surface area contributed by atoms with Gasteiger partial charge in [0.1, 0.15) is 0 Å². The number of carbonyl (C=O) groups is 2. The second kappa shape index (κ2) is 9.87. The molecule has 0 bridgehead atoms. The van der Waals surface area contributed by atoms with E-state index in [4.69, 9.17) is 27.2 Å². The standard InChI is InChI=1S/C26H25ClN6O3/c1-2-3-12-36-26(35)32-10-8-31(9-11-32)25(34)18-4-6-20-21(27)15-22(30-23(20)14-18)17-5-7-24-19(13-17)16-29-33(24)28/h2,4-7,13-16H,1,3,8-12,28H2. The van der Waals surface area contributed by atoms with Crippen LogP contribution in [0.15, 0.2) is 61.3 Å². The van der Waals surface area contributed by atoms with E-state index in [-0.39, 0.29) is 12.0 Å². The van der Waals surface area contributed by atoms with Crippen LogP contribution in [0.2, 0.25) is 5.02 Å².